The number of hydrogen-bond acceptors (Lipinski definition) is 5. The van der Waals surface area contributed by atoms with E-state index >= 15 is 0 Å². The maximum absolute atomic E-state index is 10.6. The van der Waals surface area contributed by atoms with Gasteiger partial charge in [-0.1, -0.05) is 41.7 Å². The fourth-order valence-corrected chi connectivity index (χ4v) is 2.92. The van der Waals surface area contributed by atoms with Gasteiger partial charge in [-0.15, -0.1) is 0 Å². The van der Waals surface area contributed by atoms with Gasteiger partial charge in [-0.25, -0.2) is 9.97 Å². The summed E-state index contributed by atoms with van der Waals surface area (Å²) in [6.07, 6.45) is 2.37. The predicted octanol–water partition coefficient (Wildman–Crippen LogP) is 2.94. The van der Waals surface area contributed by atoms with Crippen molar-refractivity contribution in [2.45, 2.75) is 0 Å². The molecule has 2 aromatic heterocycles. The molecular formula is C14H11N3O2S. The van der Waals surface area contributed by atoms with Gasteiger partial charge < -0.3 is 10.1 Å². The van der Waals surface area contributed by atoms with E-state index in [2.05, 4.69) is 15.3 Å². The van der Waals surface area contributed by atoms with E-state index in [0.29, 0.717) is 22.9 Å². The Morgan fingerprint density at radius 1 is 1.30 bits per heavy atom. The van der Waals surface area contributed by atoms with E-state index in [4.69, 9.17) is 4.74 Å². The molecule has 20 heavy (non-hydrogen) atoms. The Kier molecular flexibility index (Phi) is 3.30. The van der Waals surface area contributed by atoms with E-state index in [9.17, 15) is 4.79 Å². The Morgan fingerprint density at radius 3 is 2.80 bits per heavy atom. The zero-order valence-corrected chi connectivity index (χ0v) is 11.5. The van der Waals surface area contributed by atoms with Crippen LogP contribution >= 0.6 is 11.3 Å². The predicted molar refractivity (Wildman–Crippen MR) is 79.1 cm³/mol. The molecule has 0 aliphatic heterocycles. The number of carbonyl (C=O) groups is 1. The van der Waals surface area contributed by atoms with Gasteiger partial charge in [0, 0.05) is 11.8 Å². The number of pyridine rings is 1. The topological polar surface area (TPSA) is 64.1 Å². The number of nitrogens with zero attached hydrogens (tertiary/aromatic N) is 2. The van der Waals surface area contributed by atoms with Crippen molar-refractivity contribution >= 4 is 33.1 Å². The fourth-order valence-electron chi connectivity index (χ4n) is 1.98. The van der Waals surface area contributed by atoms with Gasteiger partial charge in [0.25, 0.3) is 0 Å². The van der Waals surface area contributed by atoms with Crippen molar-refractivity contribution < 1.29 is 9.53 Å². The lowest BCUT2D eigenvalue weighted by atomic mass is 10.1. The zero-order valence-electron chi connectivity index (χ0n) is 10.7. The second-order valence-electron chi connectivity index (χ2n) is 4.01. The molecule has 0 aliphatic carbocycles. The van der Waals surface area contributed by atoms with E-state index in [1.54, 1.807) is 13.3 Å². The number of thiazole rings is 1. The van der Waals surface area contributed by atoms with Crippen LogP contribution < -0.4 is 10.1 Å². The molecule has 3 aromatic rings. The Labute approximate surface area is 119 Å². The molecule has 0 spiro atoms. The van der Waals surface area contributed by atoms with Crippen molar-refractivity contribution in [2.75, 3.05) is 12.4 Å². The molecule has 2 heterocycles. The second kappa shape index (κ2) is 5.26. The third kappa shape index (κ3) is 2.10. The first-order valence-corrected chi connectivity index (χ1v) is 6.74. The molecule has 0 saturated carbocycles. The van der Waals surface area contributed by atoms with Gasteiger partial charge in [0.1, 0.15) is 5.52 Å². The van der Waals surface area contributed by atoms with E-state index in [1.807, 2.05) is 30.3 Å². The van der Waals surface area contributed by atoms with E-state index in [0.717, 1.165) is 15.8 Å². The van der Waals surface area contributed by atoms with Crippen molar-refractivity contribution in [3.8, 4) is 17.0 Å². The number of amides is 1. The number of nitrogens with one attached hydrogen (secondary N) is 1. The third-order valence-corrected chi connectivity index (χ3v) is 3.87. The van der Waals surface area contributed by atoms with Crippen LogP contribution in [0.1, 0.15) is 0 Å². The number of aromatic nitrogens is 2. The van der Waals surface area contributed by atoms with Crippen LogP contribution in [0.15, 0.2) is 36.5 Å². The number of methoxy groups -OCH3 is 1. The van der Waals surface area contributed by atoms with Crippen molar-refractivity contribution in [3.05, 3.63) is 36.5 Å². The Hall–Kier alpha value is -2.47. The summed E-state index contributed by atoms with van der Waals surface area (Å²) in [6.45, 7) is 0. The summed E-state index contributed by atoms with van der Waals surface area (Å²) >= 11 is 1.40. The molecule has 3 rings (SSSR count). The van der Waals surface area contributed by atoms with Crippen molar-refractivity contribution in [1.29, 1.82) is 0 Å². The summed E-state index contributed by atoms with van der Waals surface area (Å²) < 4.78 is 6.16. The second-order valence-corrected chi connectivity index (χ2v) is 5.01. The van der Waals surface area contributed by atoms with Crippen LogP contribution in [0.4, 0.5) is 5.13 Å². The molecular weight excluding hydrogens is 274 g/mol. The van der Waals surface area contributed by atoms with Crippen molar-refractivity contribution in [2.24, 2.45) is 0 Å². The van der Waals surface area contributed by atoms with Gasteiger partial charge in [0.05, 0.1) is 11.8 Å². The SMILES string of the molecule is COc1ncc(-c2ccccc2)c2sc(NC=O)nc12. The summed E-state index contributed by atoms with van der Waals surface area (Å²) in [5, 5.41) is 3.10. The number of rotatable bonds is 4. The van der Waals surface area contributed by atoms with Crippen LogP contribution in [0.3, 0.4) is 0 Å². The van der Waals surface area contributed by atoms with Crippen molar-refractivity contribution in [1.82, 2.24) is 9.97 Å². The van der Waals surface area contributed by atoms with Crippen LogP contribution in [-0.4, -0.2) is 23.5 Å². The van der Waals surface area contributed by atoms with Crippen LogP contribution in [0.25, 0.3) is 21.3 Å². The smallest absolute Gasteiger partial charge is 0.241 e. The molecule has 1 amide bonds. The number of carbonyl (C=O) groups excluding carboxylic acids is 1. The standard InChI is InChI=1S/C14H11N3O2S/c1-19-13-11-12(20-14(17-11)16-8-18)10(7-15-13)9-5-3-2-4-6-9/h2-8H,1H3,(H,16,17,18). The van der Waals surface area contributed by atoms with Gasteiger partial charge in [-0.2, -0.15) is 0 Å². The summed E-state index contributed by atoms with van der Waals surface area (Å²) in [5.74, 6) is 0.454. The first-order valence-electron chi connectivity index (χ1n) is 5.92. The molecule has 0 unspecified atom stereocenters. The minimum atomic E-state index is 0.454. The number of fused-ring (bicyclic) bond motifs is 1. The van der Waals surface area contributed by atoms with E-state index in [1.165, 1.54) is 11.3 Å². The molecule has 100 valence electrons. The summed E-state index contributed by atoms with van der Waals surface area (Å²) in [5.41, 5.74) is 2.68. The summed E-state index contributed by atoms with van der Waals surface area (Å²) in [7, 11) is 1.55. The monoisotopic (exact) mass is 285 g/mol. The molecule has 0 fully saturated rings. The highest BCUT2D eigenvalue weighted by Crippen LogP contribution is 2.37. The summed E-state index contributed by atoms with van der Waals surface area (Å²) in [4.78, 5) is 19.2. The average molecular weight is 285 g/mol. The van der Waals surface area contributed by atoms with Crippen LogP contribution in [0.5, 0.6) is 5.88 Å². The first kappa shape index (κ1) is 12.6. The highest BCUT2D eigenvalue weighted by molar-refractivity contribution is 7.22. The van der Waals surface area contributed by atoms with Crippen LogP contribution in [0, 0.1) is 0 Å². The van der Waals surface area contributed by atoms with Crippen molar-refractivity contribution in [3.63, 3.8) is 0 Å². The number of ether oxygens (including phenoxy) is 1. The molecule has 5 nitrogen and oxygen atoms in total. The molecule has 1 N–H and O–H groups in total. The van der Waals surface area contributed by atoms with Crippen LogP contribution in [0.2, 0.25) is 0 Å². The van der Waals surface area contributed by atoms with Gasteiger partial charge >= 0.3 is 0 Å². The molecule has 1 aromatic carbocycles. The van der Waals surface area contributed by atoms with Gasteiger partial charge in [-0.3, -0.25) is 4.79 Å². The molecule has 0 atom stereocenters. The maximum atomic E-state index is 10.6. The minimum Gasteiger partial charge on any atom is -0.479 e. The Morgan fingerprint density at radius 2 is 2.10 bits per heavy atom. The quantitative estimate of drug-likeness (QED) is 0.749. The van der Waals surface area contributed by atoms with Gasteiger partial charge in [0.15, 0.2) is 5.13 Å². The first-order chi connectivity index (χ1) is 9.83. The lowest BCUT2D eigenvalue weighted by Gasteiger charge is -2.04. The number of benzene rings is 1. The lowest BCUT2D eigenvalue weighted by molar-refractivity contribution is -0.105. The fraction of sp³-hybridized carbons (Fsp3) is 0.0714. The van der Waals surface area contributed by atoms with Gasteiger partial charge in [0.2, 0.25) is 12.3 Å². The van der Waals surface area contributed by atoms with Crippen LogP contribution in [-0.2, 0) is 4.79 Å². The Balaban J connectivity index is 2.25. The third-order valence-electron chi connectivity index (χ3n) is 2.85. The minimum absolute atomic E-state index is 0.454. The molecule has 6 heteroatoms. The number of anilines is 1. The van der Waals surface area contributed by atoms with E-state index in [-0.39, 0.29) is 0 Å². The maximum Gasteiger partial charge on any atom is 0.241 e. The largest absolute Gasteiger partial charge is 0.479 e. The molecule has 0 bridgehead atoms. The average Bonchev–Trinajstić information content (AvgIpc) is 2.91. The highest BCUT2D eigenvalue weighted by atomic mass is 32.1. The zero-order chi connectivity index (χ0) is 13.9. The van der Waals surface area contributed by atoms with E-state index < -0.39 is 0 Å². The molecule has 0 aliphatic rings. The Bertz CT molecular complexity index is 756. The highest BCUT2D eigenvalue weighted by Gasteiger charge is 2.15. The molecule has 0 radical (unpaired) electrons. The molecule has 0 saturated heterocycles. The summed E-state index contributed by atoms with van der Waals surface area (Å²) in [6, 6.07) is 9.92. The normalized spacial score (nSPS) is 10.4. The van der Waals surface area contributed by atoms with Gasteiger partial charge in [-0.05, 0) is 5.56 Å². The number of hydrogen-bond donors (Lipinski definition) is 1. The lowest BCUT2D eigenvalue weighted by Crippen LogP contribution is -1.92.